The summed E-state index contributed by atoms with van der Waals surface area (Å²) in [6.07, 6.45) is 4.05. The molecule has 1 fully saturated rings. The van der Waals surface area contributed by atoms with E-state index in [9.17, 15) is 4.39 Å². The summed E-state index contributed by atoms with van der Waals surface area (Å²) in [5.74, 6) is 2.97. The van der Waals surface area contributed by atoms with E-state index < -0.39 is 0 Å². The molecular formula is C14H18BFN2. The third-order valence-corrected chi connectivity index (χ3v) is 4.08. The maximum atomic E-state index is 12.9. The smallest absolute Gasteiger partial charge is 0.267 e. The lowest BCUT2D eigenvalue weighted by molar-refractivity contribution is 0.389. The molecule has 0 aliphatic carbocycles. The molecule has 2 nitrogen and oxygen atoms in total. The van der Waals surface area contributed by atoms with Crippen molar-refractivity contribution in [3.05, 3.63) is 35.6 Å². The van der Waals surface area contributed by atoms with Crippen LogP contribution in [0.5, 0.6) is 0 Å². The first-order valence-corrected chi connectivity index (χ1v) is 6.59. The van der Waals surface area contributed by atoms with Crippen LogP contribution in [0, 0.1) is 23.0 Å². The second-order valence-corrected chi connectivity index (χ2v) is 5.13. The van der Waals surface area contributed by atoms with Crippen LogP contribution < -0.4 is 5.73 Å². The summed E-state index contributed by atoms with van der Waals surface area (Å²) >= 11 is 0. The third kappa shape index (κ3) is 2.91. The van der Waals surface area contributed by atoms with Crippen molar-refractivity contribution in [3.8, 4) is 5.97 Å². The second-order valence-electron chi connectivity index (χ2n) is 5.13. The lowest BCUT2D eigenvalue weighted by atomic mass is 9.41. The number of rotatable bonds is 3. The number of nitrogens with zero attached hydrogens (tertiary/aromatic N) is 1. The molecular weight excluding hydrogens is 226 g/mol. The number of benzene rings is 1. The summed E-state index contributed by atoms with van der Waals surface area (Å²) in [6.45, 7) is 0.806. The Hall–Kier alpha value is -1.34. The third-order valence-electron chi connectivity index (χ3n) is 4.08. The fourth-order valence-electron chi connectivity index (χ4n) is 2.96. The minimum Gasteiger partial charge on any atom is -0.330 e. The minimum absolute atomic E-state index is 0.206. The highest BCUT2D eigenvalue weighted by atomic mass is 19.1. The molecule has 0 aromatic heterocycles. The van der Waals surface area contributed by atoms with Gasteiger partial charge in [-0.15, -0.1) is 0 Å². The Labute approximate surface area is 108 Å². The maximum Gasteiger partial charge on any atom is 0.267 e. The van der Waals surface area contributed by atoms with Crippen molar-refractivity contribution in [3.63, 3.8) is 0 Å². The number of nitrogens with two attached hydrogens (primary N) is 1. The predicted molar refractivity (Wildman–Crippen MR) is 71.9 cm³/mol. The molecule has 1 heterocycles. The van der Waals surface area contributed by atoms with Gasteiger partial charge in [-0.1, -0.05) is 37.6 Å². The molecule has 18 heavy (non-hydrogen) atoms. The highest BCUT2D eigenvalue weighted by Crippen LogP contribution is 2.35. The van der Waals surface area contributed by atoms with E-state index in [0.29, 0.717) is 18.4 Å². The van der Waals surface area contributed by atoms with Gasteiger partial charge in [-0.2, -0.15) is 0 Å². The van der Waals surface area contributed by atoms with Gasteiger partial charge in [-0.05, 0) is 36.1 Å². The average Bonchev–Trinajstić information content (AvgIpc) is 2.42. The number of hydrogen-bond acceptors (Lipinski definition) is 2. The van der Waals surface area contributed by atoms with Gasteiger partial charge < -0.3 is 5.73 Å². The van der Waals surface area contributed by atoms with Crippen LogP contribution in [0.2, 0.25) is 12.6 Å². The van der Waals surface area contributed by atoms with Crippen LogP contribution in [0.4, 0.5) is 4.39 Å². The Morgan fingerprint density at radius 1 is 1.33 bits per heavy atom. The van der Waals surface area contributed by atoms with Crippen molar-refractivity contribution in [2.24, 2.45) is 11.7 Å². The molecule has 0 spiro atoms. The van der Waals surface area contributed by atoms with Crippen molar-refractivity contribution in [1.29, 1.82) is 5.26 Å². The Kier molecular flexibility index (Phi) is 4.38. The highest BCUT2D eigenvalue weighted by molar-refractivity contribution is 6.67. The first kappa shape index (κ1) is 13.1. The fraction of sp³-hybridized carbons (Fsp3) is 0.500. The monoisotopic (exact) mass is 244 g/mol. The zero-order chi connectivity index (χ0) is 13.0. The van der Waals surface area contributed by atoms with Crippen molar-refractivity contribution in [1.82, 2.24) is 0 Å². The van der Waals surface area contributed by atoms with Gasteiger partial charge in [0.05, 0.1) is 0 Å². The topological polar surface area (TPSA) is 49.8 Å². The largest absolute Gasteiger partial charge is 0.330 e. The molecule has 1 unspecified atom stereocenters. The summed E-state index contributed by atoms with van der Waals surface area (Å²) in [4.78, 5) is 0. The van der Waals surface area contributed by atoms with Gasteiger partial charge in [0.15, 0.2) is 0 Å². The van der Waals surface area contributed by atoms with Crippen molar-refractivity contribution < 1.29 is 4.39 Å². The van der Waals surface area contributed by atoms with Crippen LogP contribution in [-0.4, -0.2) is 13.3 Å². The fourth-order valence-corrected chi connectivity index (χ4v) is 2.96. The molecule has 1 aromatic carbocycles. The maximum absolute atomic E-state index is 12.9. The predicted octanol–water partition coefficient (Wildman–Crippen LogP) is 2.84. The van der Waals surface area contributed by atoms with E-state index in [1.54, 1.807) is 0 Å². The Morgan fingerprint density at radius 2 is 1.94 bits per heavy atom. The van der Waals surface area contributed by atoms with E-state index in [1.165, 1.54) is 12.1 Å². The van der Waals surface area contributed by atoms with E-state index in [0.717, 1.165) is 31.0 Å². The lowest BCUT2D eigenvalue weighted by Gasteiger charge is -2.30. The van der Waals surface area contributed by atoms with Crippen molar-refractivity contribution >= 4 is 6.71 Å². The van der Waals surface area contributed by atoms with Gasteiger partial charge in [0.1, 0.15) is 5.82 Å². The molecule has 0 saturated carbocycles. The number of nitriles is 1. The average molecular weight is 244 g/mol. The normalized spacial score (nSPS) is 18.4. The van der Waals surface area contributed by atoms with Gasteiger partial charge in [0.2, 0.25) is 0 Å². The summed E-state index contributed by atoms with van der Waals surface area (Å²) in [5, 5.41) is 8.90. The zero-order valence-electron chi connectivity index (χ0n) is 10.5. The number of hydrogen-bond donors (Lipinski definition) is 1. The van der Waals surface area contributed by atoms with Gasteiger partial charge >= 0.3 is 0 Å². The molecule has 2 N–H and O–H groups in total. The van der Waals surface area contributed by atoms with Crippen LogP contribution in [-0.2, 0) is 0 Å². The Balaban J connectivity index is 2.06. The highest BCUT2D eigenvalue weighted by Gasteiger charge is 2.29. The van der Waals surface area contributed by atoms with Gasteiger partial charge in [-0.25, -0.2) is 9.65 Å². The minimum atomic E-state index is -0.206. The molecule has 0 radical (unpaired) electrons. The van der Waals surface area contributed by atoms with Crippen LogP contribution in [0.25, 0.3) is 0 Å². The quantitative estimate of drug-likeness (QED) is 0.831. The molecule has 2 rings (SSSR count). The van der Waals surface area contributed by atoms with Crippen molar-refractivity contribution in [2.45, 2.75) is 31.4 Å². The first-order valence-electron chi connectivity index (χ1n) is 6.59. The molecule has 0 amide bonds. The van der Waals surface area contributed by atoms with E-state index in [1.807, 2.05) is 12.1 Å². The van der Waals surface area contributed by atoms with Gasteiger partial charge in [-0.3, -0.25) is 0 Å². The molecule has 1 atom stereocenters. The number of halogens is 1. The van der Waals surface area contributed by atoms with E-state index in [4.69, 9.17) is 11.0 Å². The standard InChI is InChI=1S/C14H18BFN2/c16-13-3-1-11(2-4-13)14(9-17)12-5-7-15(10-18)8-6-12/h1-4,12,14H,5-9,17H2. The van der Waals surface area contributed by atoms with E-state index in [-0.39, 0.29) is 12.5 Å². The van der Waals surface area contributed by atoms with Crippen LogP contribution in [0.15, 0.2) is 24.3 Å². The first-order chi connectivity index (χ1) is 8.74. The molecule has 1 saturated heterocycles. The van der Waals surface area contributed by atoms with Crippen LogP contribution in [0.3, 0.4) is 0 Å². The molecule has 4 heteroatoms. The van der Waals surface area contributed by atoms with E-state index in [2.05, 4.69) is 5.97 Å². The van der Waals surface area contributed by atoms with Gasteiger partial charge in [0, 0.05) is 5.97 Å². The molecule has 1 aromatic rings. The van der Waals surface area contributed by atoms with Crippen molar-refractivity contribution in [2.75, 3.05) is 6.54 Å². The van der Waals surface area contributed by atoms with Crippen LogP contribution in [0.1, 0.15) is 24.3 Å². The summed E-state index contributed by atoms with van der Waals surface area (Å²) < 4.78 is 12.9. The lowest BCUT2D eigenvalue weighted by Crippen LogP contribution is -2.28. The summed E-state index contributed by atoms with van der Waals surface area (Å²) in [7, 11) is 0. The molecule has 1 aliphatic rings. The molecule has 1 aliphatic heterocycles. The Morgan fingerprint density at radius 3 is 2.44 bits per heavy atom. The Bertz CT molecular complexity index is 418. The summed E-state index contributed by atoms with van der Waals surface area (Å²) in [6, 6.07) is 6.67. The second kappa shape index (κ2) is 6.02. The van der Waals surface area contributed by atoms with Gasteiger partial charge in [0.25, 0.3) is 6.71 Å². The summed E-state index contributed by atoms with van der Waals surface area (Å²) in [5.41, 5.74) is 7.01. The SMILES string of the molecule is N#CB1CCC(C(CN)c2ccc(F)cc2)CC1. The van der Waals surface area contributed by atoms with E-state index >= 15 is 0 Å². The van der Waals surface area contributed by atoms with Crippen LogP contribution >= 0.6 is 0 Å². The molecule has 0 bridgehead atoms. The molecule has 94 valence electrons. The zero-order valence-corrected chi connectivity index (χ0v) is 10.5.